The number of methoxy groups -OCH3 is 1. The SMILES string of the molecule is CCCCC(=O)O[C@@H](C)CC(N)(Cc1ccc(OC(=O)CC)c(OC(=O)CC)c1)C(=O)OC. The van der Waals surface area contributed by atoms with Crippen LogP contribution in [0.25, 0.3) is 0 Å². The molecule has 0 aromatic heterocycles. The number of esters is 4. The van der Waals surface area contributed by atoms with Gasteiger partial charge in [-0.25, -0.2) is 0 Å². The molecule has 1 unspecified atom stereocenters. The monoisotopic (exact) mass is 465 g/mol. The van der Waals surface area contributed by atoms with Crippen molar-refractivity contribution in [3.05, 3.63) is 23.8 Å². The van der Waals surface area contributed by atoms with E-state index >= 15 is 0 Å². The normalized spacial score (nSPS) is 13.4. The molecule has 2 N–H and O–H groups in total. The Hall–Kier alpha value is -2.94. The summed E-state index contributed by atoms with van der Waals surface area (Å²) < 4.78 is 20.8. The minimum atomic E-state index is -1.51. The average Bonchev–Trinajstić information content (AvgIpc) is 2.78. The Balaban J connectivity index is 3.14. The fourth-order valence-corrected chi connectivity index (χ4v) is 3.17. The van der Waals surface area contributed by atoms with E-state index < -0.39 is 29.6 Å². The molecule has 0 bridgehead atoms. The van der Waals surface area contributed by atoms with Gasteiger partial charge < -0.3 is 24.7 Å². The Morgan fingerprint density at radius 1 is 0.970 bits per heavy atom. The molecule has 0 amide bonds. The summed E-state index contributed by atoms with van der Waals surface area (Å²) in [6, 6.07) is 4.59. The van der Waals surface area contributed by atoms with Crippen molar-refractivity contribution in [1.29, 1.82) is 0 Å². The highest BCUT2D eigenvalue weighted by molar-refractivity contribution is 5.81. The largest absolute Gasteiger partial charge is 0.468 e. The van der Waals surface area contributed by atoms with E-state index in [1.165, 1.54) is 19.2 Å². The van der Waals surface area contributed by atoms with E-state index in [1.54, 1.807) is 26.8 Å². The van der Waals surface area contributed by atoms with E-state index in [2.05, 4.69) is 0 Å². The number of nitrogens with two attached hydrogens (primary N) is 1. The molecule has 2 atom stereocenters. The van der Waals surface area contributed by atoms with Crippen LogP contribution in [0.1, 0.15) is 71.8 Å². The zero-order valence-electron chi connectivity index (χ0n) is 20.1. The Labute approximate surface area is 194 Å². The molecule has 0 heterocycles. The number of hydrogen-bond donors (Lipinski definition) is 1. The summed E-state index contributed by atoms with van der Waals surface area (Å²) in [6.45, 7) is 6.91. The van der Waals surface area contributed by atoms with Crippen LogP contribution in [0.3, 0.4) is 0 Å². The molecule has 0 fully saturated rings. The molecule has 9 nitrogen and oxygen atoms in total. The maximum Gasteiger partial charge on any atom is 0.326 e. The van der Waals surface area contributed by atoms with E-state index in [0.717, 1.165) is 6.42 Å². The molecule has 0 aliphatic rings. The molecule has 33 heavy (non-hydrogen) atoms. The Kier molecular flexibility index (Phi) is 11.6. The lowest BCUT2D eigenvalue weighted by Gasteiger charge is -2.29. The summed E-state index contributed by atoms with van der Waals surface area (Å²) in [5, 5.41) is 0. The number of benzene rings is 1. The number of rotatable bonds is 13. The Bertz CT molecular complexity index is 838. The number of carbonyl (C=O) groups excluding carboxylic acids is 4. The maximum atomic E-state index is 12.5. The maximum absolute atomic E-state index is 12.5. The fourth-order valence-electron chi connectivity index (χ4n) is 3.17. The highest BCUT2D eigenvalue weighted by Crippen LogP contribution is 2.31. The lowest BCUT2D eigenvalue weighted by molar-refractivity contribution is -0.155. The molecule has 184 valence electrons. The zero-order chi connectivity index (χ0) is 25.0. The van der Waals surface area contributed by atoms with Crippen LogP contribution < -0.4 is 15.2 Å². The summed E-state index contributed by atoms with van der Waals surface area (Å²) in [7, 11) is 1.23. The highest BCUT2D eigenvalue weighted by atomic mass is 16.6. The molecule has 1 aromatic rings. The van der Waals surface area contributed by atoms with Crippen molar-refractivity contribution in [3.63, 3.8) is 0 Å². The second-order valence-corrected chi connectivity index (χ2v) is 7.87. The third-order valence-electron chi connectivity index (χ3n) is 4.86. The molecule has 0 saturated heterocycles. The summed E-state index contributed by atoms with van der Waals surface area (Å²) in [4.78, 5) is 48.1. The van der Waals surface area contributed by atoms with Crippen LogP contribution in [0.2, 0.25) is 0 Å². The first-order valence-electron chi connectivity index (χ1n) is 11.2. The van der Waals surface area contributed by atoms with Gasteiger partial charge in [-0.15, -0.1) is 0 Å². The van der Waals surface area contributed by atoms with Crippen LogP contribution in [-0.2, 0) is 35.1 Å². The van der Waals surface area contributed by atoms with E-state index in [0.29, 0.717) is 18.4 Å². The van der Waals surface area contributed by atoms with Crippen molar-refractivity contribution in [2.24, 2.45) is 5.73 Å². The van der Waals surface area contributed by atoms with E-state index in [4.69, 9.17) is 24.7 Å². The lowest BCUT2D eigenvalue weighted by Crippen LogP contribution is -2.53. The van der Waals surface area contributed by atoms with Gasteiger partial charge in [0, 0.05) is 32.1 Å². The topological polar surface area (TPSA) is 131 Å². The van der Waals surface area contributed by atoms with E-state index in [9.17, 15) is 19.2 Å². The van der Waals surface area contributed by atoms with Crippen LogP contribution in [0.5, 0.6) is 11.5 Å². The number of hydrogen-bond acceptors (Lipinski definition) is 9. The summed E-state index contributed by atoms with van der Waals surface area (Å²) in [5.74, 6) is -1.89. The predicted molar refractivity (Wildman–Crippen MR) is 121 cm³/mol. The number of carbonyl (C=O) groups is 4. The standard InChI is InChI=1S/C24H35NO8/c1-6-9-10-22(28)31-16(4)14-24(25,23(29)30-5)15-17-11-12-18(32-20(26)7-2)19(13-17)33-21(27)8-3/h11-13,16H,6-10,14-15,25H2,1-5H3/t16-,24?/m0/s1. The van der Waals surface area contributed by atoms with Gasteiger partial charge in [0.05, 0.1) is 7.11 Å². The van der Waals surface area contributed by atoms with Crippen molar-refractivity contribution >= 4 is 23.9 Å². The Morgan fingerprint density at radius 2 is 1.58 bits per heavy atom. The molecule has 0 aliphatic heterocycles. The summed E-state index contributed by atoms with van der Waals surface area (Å²) in [6.07, 6.45) is 1.54. The van der Waals surface area contributed by atoms with Crippen molar-refractivity contribution in [2.45, 2.75) is 84.3 Å². The van der Waals surface area contributed by atoms with Crippen LogP contribution in [0.4, 0.5) is 0 Å². The van der Waals surface area contributed by atoms with Crippen LogP contribution in [0, 0.1) is 0 Å². The summed E-state index contributed by atoms with van der Waals surface area (Å²) in [5.41, 5.74) is 5.46. The second kappa shape index (κ2) is 13.6. The van der Waals surface area contributed by atoms with Gasteiger partial charge in [0.1, 0.15) is 11.6 Å². The predicted octanol–water partition coefficient (Wildman–Crippen LogP) is 3.24. The molecular formula is C24H35NO8. The summed E-state index contributed by atoms with van der Waals surface area (Å²) >= 11 is 0. The number of ether oxygens (including phenoxy) is 4. The van der Waals surface area contributed by atoms with Crippen LogP contribution in [-0.4, -0.2) is 42.6 Å². The van der Waals surface area contributed by atoms with Crippen molar-refractivity contribution in [2.75, 3.05) is 7.11 Å². The third kappa shape index (κ3) is 9.21. The zero-order valence-corrected chi connectivity index (χ0v) is 20.1. The molecule has 0 aliphatic carbocycles. The van der Waals surface area contributed by atoms with Gasteiger partial charge in [-0.1, -0.05) is 33.3 Å². The minimum Gasteiger partial charge on any atom is -0.468 e. The van der Waals surface area contributed by atoms with Crippen molar-refractivity contribution in [3.8, 4) is 11.5 Å². The van der Waals surface area contributed by atoms with Gasteiger partial charge in [0.2, 0.25) is 0 Å². The Morgan fingerprint density at radius 3 is 2.12 bits per heavy atom. The van der Waals surface area contributed by atoms with Crippen LogP contribution >= 0.6 is 0 Å². The fraction of sp³-hybridized carbons (Fsp3) is 0.583. The van der Waals surface area contributed by atoms with E-state index in [1.807, 2.05) is 6.92 Å². The number of unbranched alkanes of at least 4 members (excludes halogenated alkanes) is 1. The average molecular weight is 466 g/mol. The van der Waals surface area contributed by atoms with Crippen LogP contribution in [0.15, 0.2) is 18.2 Å². The first-order chi connectivity index (χ1) is 15.6. The van der Waals surface area contributed by atoms with Gasteiger partial charge in [-0.05, 0) is 31.0 Å². The quantitative estimate of drug-likeness (QED) is 0.344. The molecule has 9 heteroatoms. The highest BCUT2D eigenvalue weighted by Gasteiger charge is 2.38. The van der Waals surface area contributed by atoms with Gasteiger partial charge in [-0.2, -0.15) is 0 Å². The lowest BCUT2D eigenvalue weighted by atomic mass is 9.86. The van der Waals surface area contributed by atoms with Gasteiger partial charge in [0.25, 0.3) is 0 Å². The molecule has 1 aromatic carbocycles. The van der Waals surface area contributed by atoms with Crippen molar-refractivity contribution < 1.29 is 38.1 Å². The first kappa shape index (κ1) is 28.1. The van der Waals surface area contributed by atoms with Crippen molar-refractivity contribution in [1.82, 2.24) is 0 Å². The second-order valence-electron chi connectivity index (χ2n) is 7.87. The van der Waals surface area contributed by atoms with Gasteiger partial charge >= 0.3 is 23.9 Å². The van der Waals surface area contributed by atoms with Gasteiger partial charge in [-0.3, -0.25) is 19.2 Å². The smallest absolute Gasteiger partial charge is 0.326 e. The van der Waals surface area contributed by atoms with E-state index in [-0.39, 0.29) is 43.2 Å². The molecule has 1 rings (SSSR count). The molecule has 0 radical (unpaired) electrons. The third-order valence-corrected chi connectivity index (χ3v) is 4.86. The first-order valence-corrected chi connectivity index (χ1v) is 11.2. The molecule has 0 saturated carbocycles. The van der Waals surface area contributed by atoms with Gasteiger partial charge in [0.15, 0.2) is 11.5 Å². The molecule has 0 spiro atoms. The molecular weight excluding hydrogens is 430 g/mol. The minimum absolute atomic E-state index is 0.00913.